The number of halogens is 3. The summed E-state index contributed by atoms with van der Waals surface area (Å²) in [5.41, 5.74) is 4.07. The van der Waals surface area contributed by atoms with Crippen LogP contribution in [0.3, 0.4) is 0 Å². The van der Waals surface area contributed by atoms with Crippen molar-refractivity contribution in [3.63, 3.8) is 0 Å². The molecule has 0 heterocycles. The van der Waals surface area contributed by atoms with Crippen LogP contribution in [0.2, 0.25) is 0 Å². The molecule has 0 radical (unpaired) electrons. The number of hydrogen-bond donors (Lipinski definition) is 1. The van der Waals surface area contributed by atoms with Crippen molar-refractivity contribution in [2.24, 2.45) is 0 Å². The summed E-state index contributed by atoms with van der Waals surface area (Å²) in [5.74, 6) is -0.763. The fraction of sp³-hybridized carbons (Fsp3) is 0.222. The molecule has 1 aromatic carbocycles. The molecule has 6 heteroatoms. The molecule has 0 fully saturated rings. The number of hydrogen-bond acceptors (Lipinski definition) is 3. The van der Waals surface area contributed by atoms with Gasteiger partial charge < -0.3 is 10.5 Å². The van der Waals surface area contributed by atoms with E-state index in [4.69, 9.17) is 5.73 Å². The van der Waals surface area contributed by atoms with Gasteiger partial charge in [-0.15, -0.1) is 0 Å². The average molecular weight is 219 g/mol. The maximum absolute atomic E-state index is 12.2. The van der Waals surface area contributed by atoms with Gasteiger partial charge in [0.15, 0.2) is 0 Å². The second kappa shape index (κ2) is 3.80. The van der Waals surface area contributed by atoms with Gasteiger partial charge >= 0.3 is 12.1 Å². The average Bonchev–Trinajstić information content (AvgIpc) is 2.15. The maximum atomic E-state index is 12.2. The summed E-state index contributed by atoms with van der Waals surface area (Å²) >= 11 is 0. The number of methoxy groups -OCH3 is 1. The smallest absolute Gasteiger partial charge is 0.416 e. The van der Waals surface area contributed by atoms with Crippen LogP contribution in [0, 0.1) is 0 Å². The monoisotopic (exact) mass is 219 g/mol. The molecule has 1 rings (SSSR count). The topological polar surface area (TPSA) is 52.3 Å². The first-order valence-corrected chi connectivity index (χ1v) is 3.91. The Labute approximate surface area is 83.6 Å². The Morgan fingerprint density at radius 3 is 2.40 bits per heavy atom. The van der Waals surface area contributed by atoms with Gasteiger partial charge in [-0.05, 0) is 18.2 Å². The molecular weight excluding hydrogens is 211 g/mol. The molecule has 0 aromatic heterocycles. The number of esters is 1. The zero-order valence-corrected chi connectivity index (χ0v) is 7.76. The van der Waals surface area contributed by atoms with E-state index in [-0.39, 0.29) is 11.3 Å². The molecule has 0 aliphatic heterocycles. The van der Waals surface area contributed by atoms with Crippen LogP contribution in [0.1, 0.15) is 15.9 Å². The van der Waals surface area contributed by atoms with Crippen LogP contribution in [0.15, 0.2) is 18.2 Å². The van der Waals surface area contributed by atoms with E-state index in [0.717, 1.165) is 19.2 Å². The normalized spacial score (nSPS) is 11.2. The third kappa shape index (κ3) is 2.39. The molecular formula is C9H8F3NO2. The summed E-state index contributed by atoms with van der Waals surface area (Å²) in [6, 6.07) is 2.47. The zero-order chi connectivity index (χ0) is 11.6. The lowest BCUT2D eigenvalue weighted by atomic mass is 10.1. The summed E-state index contributed by atoms with van der Waals surface area (Å²) in [6.07, 6.45) is -4.47. The highest BCUT2D eigenvalue weighted by Gasteiger charge is 2.31. The molecule has 0 spiro atoms. The van der Waals surface area contributed by atoms with Crippen LogP contribution in [-0.4, -0.2) is 13.1 Å². The molecule has 3 nitrogen and oxygen atoms in total. The van der Waals surface area contributed by atoms with Crippen LogP contribution in [0.5, 0.6) is 0 Å². The molecule has 15 heavy (non-hydrogen) atoms. The molecule has 0 saturated heterocycles. The number of nitrogen functional groups attached to an aromatic ring is 1. The molecule has 0 atom stereocenters. The van der Waals surface area contributed by atoms with Crippen molar-refractivity contribution in [3.05, 3.63) is 29.3 Å². The number of alkyl halides is 3. The Morgan fingerprint density at radius 1 is 1.40 bits per heavy atom. The summed E-state index contributed by atoms with van der Waals surface area (Å²) in [7, 11) is 1.12. The summed E-state index contributed by atoms with van der Waals surface area (Å²) < 4.78 is 41.0. The lowest BCUT2D eigenvalue weighted by Gasteiger charge is -2.09. The van der Waals surface area contributed by atoms with Gasteiger partial charge in [0.05, 0.1) is 18.2 Å². The summed E-state index contributed by atoms with van der Waals surface area (Å²) in [5, 5.41) is 0. The Balaban J connectivity index is 3.15. The van der Waals surface area contributed by atoms with E-state index >= 15 is 0 Å². The highest BCUT2D eigenvalue weighted by molar-refractivity contribution is 5.95. The van der Waals surface area contributed by atoms with Crippen molar-refractivity contribution in [2.75, 3.05) is 12.8 Å². The second-order valence-electron chi connectivity index (χ2n) is 2.79. The van der Waals surface area contributed by atoms with Gasteiger partial charge in [0.2, 0.25) is 0 Å². The predicted octanol–water partition coefficient (Wildman–Crippen LogP) is 2.07. The van der Waals surface area contributed by atoms with Crippen molar-refractivity contribution < 1.29 is 22.7 Å². The molecule has 1 aromatic rings. The fourth-order valence-corrected chi connectivity index (χ4v) is 1.03. The van der Waals surface area contributed by atoms with Crippen molar-refractivity contribution in [1.29, 1.82) is 0 Å². The van der Waals surface area contributed by atoms with Gasteiger partial charge in [0.1, 0.15) is 0 Å². The molecule has 0 bridgehead atoms. The van der Waals surface area contributed by atoms with Crippen LogP contribution < -0.4 is 5.73 Å². The van der Waals surface area contributed by atoms with Crippen molar-refractivity contribution >= 4 is 11.7 Å². The van der Waals surface area contributed by atoms with Gasteiger partial charge in [-0.1, -0.05) is 0 Å². The predicted molar refractivity (Wildman–Crippen MR) is 47.2 cm³/mol. The second-order valence-corrected chi connectivity index (χ2v) is 2.79. The van der Waals surface area contributed by atoms with E-state index in [2.05, 4.69) is 4.74 Å². The van der Waals surface area contributed by atoms with Gasteiger partial charge in [0.25, 0.3) is 0 Å². The third-order valence-corrected chi connectivity index (χ3v) is 1.78. The van der Waals surface area contributed by atoms with Crippen molar-refractivity contribution in [1.82, 2.24) is 0 Å². The minimum atomic E-state index is -4.47. The summed E-state index contributed by atoms with van der Waals surface area (Å²) in [4.78, 5) is 11.0. The molecule has 0 saturated carbocycles. The number of benzene rings is 1. The number of nitrogens with two attached hydrogens (primary N) is 1. The minimum absolute atomic E-state index is 0.0782. The number of carbonyl (C=O) groups excluding carboxylic acids is 1. The number of carbonyl (C=O) groups is 1. The Bertz CT molecular complexity index is 387. The van der Waals surface area contributed by atoms with E-state index in [1.54, 1.807) is 0 Å². The molecule has 0 unspecified atom stereocenters. The van der Waals surface area contributed by atoms with Crippen molar-refractivity contribution in [2.45, 2.75) is 6.18 Å². The van der Waals surface area contributed by atoms with E-state index in [0.29, 0.717) is 6.07 Å². The number of ether oxygens (including phenoxy) is 1. The van der Waals surface area contributed by atoms with Crippen LogP contribution in [0.4, 0.5) is 18.9 Å². The van der Waals surface area contributed by atoms with Crippen molar-refractivity contribution in [3.8, 4) is 0 Å². The van der Waals surface area contributed by atoms with Crippen LogP contribution in [0.25, 0.3) is 0 Å². The fourth-order valence-electron chi connectivity index (χ4n) is 1.03. The number of anilines is 1. The molecule has 82 valence electrons. The Morgan fingerprint density at radius 2 is 2.00 bits per heavy atom. The van der Waals surface area contributed by atoms with Crippen LogP contribution >= 0.6 is 0 Å². The first-order chi connectivity index (χ1) is 6.86. The van der Waals surface area contributed by atoms with E-state index in [1.165, 1.54) is 0 Å². The minimum Gasteiger partial charge on any atom is -0.465 e. The van der Waals surface area contributed by atoms with Gasteiger partial charge in [-0.3, -0.25) is 0 Å². The highest BCUT2D eigenvalue weighted by Crippen LogP contribution is 2.31. The van der Waals surface area contributed by atoms with Gasteiger partial charge in [-0.2, -0.15) is 13.2 Å². The first kappa shape index (κ1) is 11.4. The first-order valence-electron chi connectivity index (χ1n) is 3.91. The van der Waals surface area contributed by atoms with E-state index in [9.17, 15) is 18.0 Å². The lowest BCUT2D eigenvalue weighted by molar-refractivity contribution is -0.137. The maximum Gasteiger partial charge on any atom is 0.416 e. The SMILES string of the molecule is COC(=O)c1ccc(C(F)(F)F)cc1N. The summed E-state index contributed by atoms with van der Waals surface area (Å²) in [6.45, 7) is 0. The molecule has 2 N–H and O–H groups in total. The highest BCUT2D eigenvalue weighted by atomic mass is 19.4. The standard InChI is InChI=1S/C9H8F3NO2/c1-15-8(14)6-3-2-5(4-7(6)13)9(10,11)12/h2-4H,13H2,1H3. The van der Waals surface area contributed by atoms with Crippen LogP contribution in [-0.2, 0) is 10.9 Å². The third-order valence-electron chi connectivity index (χ3n) is 1.78. The van der Waals surface area contributed by atoms with E-state index < -0.39 is 17.7 Å². The molecule has 0 aliphatic rings. The molecule has 0 aliphatic carbocycles. The number of rotatable bonds is 1. The Kier molecular flexibility index (Phi) is 2.88. The largest absolute Gasteiger partial charge is 0.465 e. The lowest BCUT2D eigenvalue weighted by Crippen LogP contribution is -2.10. The zero-order valence-electron chi connectivity index (χ0n) is 7.76. The quantitative estimate of drug-likeness (QED) is 0.581. The Hall–Kier alpha value is -1.72. The van der Waals surface area contributed by atoms with E-state index in [1.807, 2.05) is 0 Å². The molecule has 0 amide bonds. The van der Waals surface area contributed by atoms with Gasteiger partial charge in [0, 0.05) is 5.69 Å². The van der Waals surface area contributed by atoms with Gasteiger partial charge in [-0.25, -0.2) is 4.79 Å².